The molecule has 1 heterocycles. The fraction of sp³-hybridized carbons (Fsp3) is 0.435. The fourth-order valence-corrected chi connectivity index (χ4v) is 4.29. The van der Waals surface area contributed by atoms with E-state index in [4.69, 9.17) is 9.47 Å². The number of hydrogen-bond donors (Lipinski definition) is 1. The van der Waals surface area contributed by atoms with Crippen molar-refractivity contribution in [2.45, 2.75) is 45.2 Å². The molecule has 3 rings (SSSR count). The molecule has 1 saturated heterocycles. The van der Waals surface area contributed by atoms with Crippen molar-refractivity contribution in [3.8, 4) is 11.5 Å². The van der Waals surface area contributed by atoms with Crippen molar-refractivity contribution in [2.75, 3.05) is 20.8 Å². The number of ether oxygens (including phenoxy) is 2. The lowest BCUT2D eigenvalue weighted by molar-refractivity contribution is -0.145. The number of aryl methyl sites for hydroxylation is 2. The van der Waals surface area contributed by atoms with Crippen LogP contribution in [0.1, 0.15) is 47.6 Å². The lowest BCUT2D eigenvalue weighted by atomic mass is 9.90. The minimum Gasteiger partial charge on any atom is -0.493 e. The van der Waals surface area contributed by atoms with Gasteiger partial charge in [0.1, 0.15) is 6.04 Å². The number of aliphatic carboxylic acids is 1. The van der Waals surface area contributed by atoms with Gasteiger partial charge in [0.2, 0.25) is 0 Å². The largest absolute Gasteiger partial charge is 0.493 e. The van der Waals surface area contributed by atoms with Crippen LogP contribution in [0.4, 0.5) is 0 Å². The van der Waals surface area contributed by atoms with Gasteiger partial charge in [-0.25, -0.2) is 0 Å². The lowest BCUT2D eigenvalue weighted by Gasteiger charge is -2.40. The summed E-state index contributed by atoms with van der Waals surface area (Å²) in [5.41, 5.74) is 4.46. The Labute approximate surface area is 166 Å². The molecule has 5 nitrogen and oxygen atoms in total. The maximum atomic E-state index is 12.0. The van der Waals surface area contributed by atoms with E-state index in [0.29, 0.717) is 17.9 Å². The van der Waals surface area contributed by atoms with Crippen LogP contribution in [0.25, 0.3) is 0 Å². The molecule has 28 heavy (non-hydrogen) atoms. The number of carboxylic acids is 1. The van der Waals surface area contributed by atoms with E-state index in [1.165, 1.54) is 11.1 Å². The van der Waals surface area contributed by atoms with E-state index in [0.717, 1.165) is 30.5 Å². The molecule has 150 valence electrons. The van der Waals surface area contributed by atoms with Gasteiger partial charge >= 0.3 is 5.97 Å². The Hall–Kier alpha value is -2.53. The third-order valence-electron chi connectivity index (χ3n) is 5.44. The average Bonchev–Trinajstić information content (AvgIpc) is 2.67. The standard InChI is InChI=1S/C23H29NO4/c1-15-11-16(2)13-18(12-15)22(24-10-6-5-7-19(24)23(25)26)17-8-9-20(27-3)21(14-17)28-4/h8-9,11-14,19,22H,5-7,10H2,1-4H3,(H,25,26). The van der Waals surface area contributed by atoms with Gasteiger partial charge in [0.05, 0.1) is 20.3 Å². The third kappa shape index (κ3) is 4.14. The van der Waals surface area contributed by atoms with Crippen molar-refractivity contribution in [3.63, 3.8) is 0 Å². The summed E-state index contributed by atoms with van der Waals surface area (Å²) in [7, 11) is 3.23. The van der Waals surface area contributed by atoms with Crippen molar-refractivity contribution < 1.29 is 19.4 Å². The Morgan fingerprint density at radius 3 is 2.29 bits per heavy atom. The van der Waals surface area contributed by atoms with Gasteiger partial charge in [0, 0.05) is 0 Å². The highest BCUT2D eigenvalue weighted by atomic mass is 16.5. The molecule has 0 aromatic heterocycles. The number of carbonyl (C=O) groups is 1. The summed E-state index contributed by atoms with van der Waals surface area (Å²) in [5, 5.41) is 9.86. The number of nitrogens with zero attached hydrogens (tertiary/aromatic N) is 1. The van der Waals surface area contributed by atoms with Gasteiger partial charge in [0.15, 0.2) is 11.5 Å². The molecule has 1 aliphatic heterocycles. The fourth-order valence-electron chi connectivity index (χ4n) is 4.29. The molecule has 1 aliphatic rings. The van der Waals surface area contributed by atoms with Crippen molar-refractivity contribution in [1.29, 1.82) is 0 Å². The van der Waals surface area contributed by atoms with E-state index in [-0.39, 0.29) is 6.04 Å². The number of benzene rings is 2. The summed E-state index contributed by atoms with van der Waals surface area (Å²) in [5.74, 6) is 0.562. The molecule has 1 fully saturated rings. The summed E-state index contributed by atoms with van der Waals surface area (Å²) in [6.07, 6.45) is 2.61. The van der Waals surface area contributed by atoms with Crippen LogP contribution in [0, 0.1) is 13.8 Å². The topological polar surface area (TPSA) is 59.0 Å². The smallest absolute Gasteiger partial charge is 0.320 e. The molecular weight excluding hydrogens is 354 g/mol. The molecule has 2 aromatic carbocycles. The Kier molecular flexibility index (Phi) is 6.25. The van der Waals surface area contributed by atoms with Crippen LogP contribution >= 0.6 is 0 Å². The first-order chi connectivity index (χ1) is 13.4. The second-order valence-corrected chi connectivity index (χ2v) is 7.53. The van der Waals surface area contributed by atoms with Crippen LogP contribution in [0.2, 0.25) is 0 Å². The second kappa shape index (κ2) is 8.65. The van der Waals surface area contributed by atoms with E-state index in [1.807, 2.05) is 18.2 Å². The van der Waals surface area contributed by atoms with E-state index >= 15 is 0 Å². The van der Waals surface area contributed by atoms with Gasteiger partial charge in [-0.2, -0.15) is 0 Å². The van der Waals surface area contributed by atoms with E-state index in [9.17, 15) is 9.90 Å². The number of hydrogen-bond acceptors (Lipinski definition) is 4. The van der Waals surface area contributed by atoms with Crippen LogP contribution in [0.5, 0.6) is 11.5 Å². The predicted molar refractivity (Wildman–Crippen MR) is 109 cm³/mol. The highest BCUT2D eigenvalue weighted by Gasteiger charge is 2.35. The van der Waals surface area contributed by atoms with Crippen molar-refractivity contribution in [2.24, 2.45) is 0 Å². The molecule has 0 aliphatic carbocycles. The molecule has 0 radical (unpaired) electrons. The zero-order valence-corrected chi connectivity index (χ0v) is 17.1. The Balaban J connectivity index is 2.15. The van der Waals surface area contributed by atoms with Crippen LogP contribution in [-0.4, -0.2) is 42.8 Å². The predicted octanol–water partition coefficient (Wildman–Crippen LogP) is 4.35. The Bertz CT molecular complexity index is 828. The molecule has 0 bridgehead atoms. The molecule has 0 saturated carbocycles. The van der Waals surface area contributed by atoms with Gasteiger partial charge < -0.3 is 14.6 Å². The first-order valence-electron chi connectivity index (χ1n) is 9.73. The normalized spacial score (nSPS) is 18.5. The van der Waals surface area contributed by atoms with E-state index in [2.05, 4.69) is 36.9 Å². The van der Waals surface area contributed by atoms with Crippen molar-refractivity contribution >= 4 is 5.97 Å². The molecule has 2 unspecified atom stereocenters. The van der Waals surface area contributed by atoms with Gasteiger partial charge in [-0.15, -0.1) is 0 Å². The third-order valence-corrected chi connectivity index (χ3v) is 5.44. The number of rotatable bonds is 6. The second-order valence-electron chi connectivity index (χ2n) is 7.53. The van der Waals surface area contributed by atoms with Crippen LogP contribution < -0.4 is 9.47 Å². The van der Waals surface area contributed by atoms with Crippen LogP contribution in [0.15, 0.2) is 36.4 Å². The number of methoxy groups -OCH3 is 2. The first kappa shape index (κ1) is 20.2. The summed E-state index contributed by atoms with van der Waals surface area (Å²) in [6.45, 7) is 4.91. The Morgan fingerprint density at radius 1 is 1.00 bits per heavy atom. The highest BCUT2D eigenvalue weighted by molar-refractivity contribution is 5.73. The van der Waals surface area contributed by atoms with Gasteiger partial charge in [-0.05, 0) is 56.5 Å². The minimum atomic E-state index is -0.755. The molecular formula is C23H29NO4. The van der Waals surface area contributed by atoms with Gasteiger partial charge in [0.25, 0.3) is 0 Å². The first-order valence-corrected chi connectivity index (χ1v) is 9.73. The van der Waals surface area contributed by atoms with Crippen LogP contribution in [0.3, 0.4) is 0 Å². The molecule has 0 amide bonds. The van der Waals surface area contributed by atoms with Crippen molar-refractivity contribution in [3.05, 3.63) is 58.7 Å². The number of piperidine rings is 1. The number of carboxylic acid groups (broad SMARTS) is 1. The average molecular weight is 383 g/mol. The van der Waals surface area contributed by atoms with Crippen molar-refractivity contribution in [1.82, 2.24) is 4.90 Å². The summed E-state index contributed by atoms with van der Waals surface area (Å²) in [4.78, 5) is 14.1. The van der Waals surface area contributed by atoms with Gasteiger partial charge in [-0.3, -0.25) is 9.69 Å². The summed E-state index contributed by atoms with van der Waals surface area (Å²) >= 11 is 0. The maximum absolute atomic E-state index is 12.0. The van der Waals surface area contributed by atoms with Gasteiger partial charge in [-0.1, -0.05) is 41.8 Å². The molecule has 1 N–H and O–H groups in total. The molecule has 5 heteroatoms. The maximum Gasteiger partial charge on any atom is 0.320 e. The number of likely N-dealkylation sites (tertiary alicyclic amines) is 1. The Morgan fingerprint density at radius 2 is 1.68 bits per heavy atom. The van der Waals surface area contributed by atoms with E-state index < -0.39 is 12.0 Å². The molecule has 0 spiro atoms. The van der Waals surface area contributed by atoms with Crippen LogP contribution in [-0.2, 0) is 4.79 Å². The van der Waals surface area contributed by atoms with E-state index in [1.54, 1.807) is 14.2 Å². The lowest BCUT2D eigenvalue weighted by Crippen LogP contribution is -2.46. The summed E-state index contributed by atoms with van der Waals surface area (Å²) < 4.78 is 10.9. The monoisotopic (exact) mass is 383 g/mol. The zero-order chi connectivity index (χ0) is 20.3. The minimum absolute atomic E-state index is 0.153. The zero-order valence-electron chi connectivity index (χ0n) is 17.1. The SMILES string of the molecule is COc1ccc(C(c2cc(C)cc(C)c2)N2CCCCC2C(=O)O)cc1OC. The summed E-state index contributed by atoms with van der Waals surface area (Å²) in [6, 6.07) is 11.7. The molecule has 2 aromatic rings. The molecule has 2 atom stereocenters. The quantitative estimate of drug-likeness (QED) is 0.804. The highest BCUT2D eigenvalue weighted by Crippen LogP contribution is 2.38.